The highest BCUT2D eigenvalue weighted by atomic mass is 32.1. The van der Waals surface area contributed by atoms with E-state index >= 15 is 0 Å². The highest BCUT2D eigenvalue weighted by Gasteiger charge is 2.15. The Bertz CT molecular complexity index is 885. The summed E-state index contributed by atoms with van der Waals surface area (Å²) < 4.78 is 1.78. The third-order valence-electron chi connectivity index (χ3n) is 3.01. The Labute approximate surface area is 135 Å². The molecule has 0 saturated heterocycles. The number of hydrazone groups is 1. The van der Waals surface area contributed by atoms with Crippen LogP contribution in [0.4, 0.5) is 0 Å². The van der Waals surface area contributed by atoms with E-state index < -0.39 is 0 Å². The molecule has 2 N–H and O–H groups in total. The van der Waals surface area contributed by atoms with E-state index in [1.54, 1.807) is 28.8 Å². The van der Waals surface area contributed by atoms with Crippen molar-refractivity contribution in [3.63, 3.8) is 0 Å². The SMILES string of the molecule is O=C(N/N=C/c1sc(=O)[nH]c1-[n+]1ccccc1)c1ccccc1. The highest BCUT2D eigenvalue weighted by molar-refractivity contribution is 7.11. The van der Waals surface area contributed by atoms with Crippen molar-refractivity contribution in [3.05, 3.63) is 81.0 Å². The first kappa shape index (κ1) is 14.9. The minimum Gasteiger partial charge on any atom is -0.267 e. The molecule has 0 atom stereocenters. The lowest BCUT2D eigenvalue weighted by Crippen LogP contribution is -2.31. The molecule has 0 spiro atoms. The van der Waals surface area contributed by atoms with Gasteiger partial charge in [-0.3, -0.25) is 4.79 Å². The minimum atomic E-state index is -0.307. The van der Waals surface area contributed by atoms with E-state index in [1.165, 1.54) is 6.21 Å². The van der Waals surface area contributed by atoms with E-state index in [2.05, 4.69) is 15.5 Å². The normalized spacial score (nSPS) is 10.8. The number of nitrogens with zero attached hydrogens (tertiary/aromatic N) is 2. The lowest BCUT2D eigenvalue weighted by molar-refractivity contribution is -0.599. The molecule has 1 aromatic carbocycles. The summed E-state index contributed by atoms with van der Waals surface area (Å²) in [5.74, 6) is 0.303. The van der Waals surface area contributed by atoms with Gasteiger partial charge < -0.3 is 0 Å². The summed E-state index contributed by atoms with van der Waals surface area (Å²) in [6.07, 6.45) is 5.09. The number of aromatic nitrogens is 2. The van der Waals surface area contributed by atoms with Crippen LogP contribution < -0.4 is 14.9 Å². The molecule has 0 fully saturated rings. The predicted molar refractivity (Wildman–Crippen MR) is 88.0 cm³/mol. The fourth-order valence-corrected chi connectivity index (χ4v) is 2.67. The van der Waals surface area contributed by atoms with Crippen LogP contribution >= 0.6 is 11.3 Å². The second-order valence-electron chi connectivity index (χ2n) is 4.58. The predicted octanol–water partition coefficient (Wildman–Crippen LogP) is 1.48. The van der Waals surface area contributed by atoms with Crippen molar-refractivity contribution in [2.24, 2.45) is 5.10 Å². The van der Waals surface area contributed by atoms with Crippen LogP contribution in [0.3, 0.4) is 0 Å². The molecule has 114 valence electrons. The monoisotopic (exact) mass is 325 g/mol. The van der Waals surface area contributed by atoms with E-state index in [4.69, 9.17) is 0 Å². The van der Waals surface area contributed by atoms with Gasteiger partial charge in [0.15, 0.2) is 0 Å². The van der Waals surface area contributed by atoms with Crippen molar-refractivity contribution in [2.45, 2.75) is 0 Å². The maximum absolute atomic E-state index is 11.9. The molecule has 2 heterocycles. The smallest absolute Gasteiger partial charge is 0.267 e. The largest absolute Gasteiger partial charge is 0.390 e. The molecule has 7 heteroatoms. The van der Waals surface area contributed by atoms with Crippen LogP contribution in [0, 0.1) is 0 Å². The number of pyridine rings is 1. The zero-order valence-corrected chi connectivity index (χ0v) is 12.8. The Morgan fingerprint density at radius 1 is 1.13 bits per heavy atom. The van der Waals surface area contributed by atoms with Crippen molar-refractivity contribution < 1.29 is 9.36 Å². The van der Waals surface area contributed by atoms with Gasteiger partial charge in [-0.05, 0) is 35.6 Å². The average Bonchev–Trinajstić information content (AvgIpc) is 2.97. The Morgan fingerprint density at radius 2 is 1.83 bits per heavy atom. The molecule has 0 aliphatic rings. The quantitative estimate of drug-likeness (QED) is 0.433. The summed E-state index contributed by atoms with van der Waals surface area (Å²) in [5.41, 5.74) is 2.97. The van der Waals surface area contributed by atoms with Crippen LogP contribution in [0.5, 0.6) is 0 Å². The van der Waals surface area contributed by atoms with Crippen molar-refractivity contribution >= 4 is 23.5 Å². The standard InChI is InChI=1S/C16H12N4O2S/c21-15(12-7-3-1-4-8-12)19-17-11-13-14(18-16(22)23-13)20-9-5-2-6-10-20/h1-11H,(H-,17,18,19,21,22)/p+1. The second-order valence-corrected chi connectivity index (χ2v) is 5.59. The van der Waals surface area contributed by atoms with Crippen molar-refractivity contribution in [2.75, 3.05) is 0 Å². The summed E-state index contributed by atoms with van der Waals surface area (Å²) in [4.78, 5) is 26.7. The van der Waals surface area contributed by atoms with E-state index in [9.17, 15) is 9.59 Å². The molecule has 0 aliphatic heterocycles. The molecule has 0 bridgehead atoms. The van der Waals surface area contributed by atoms with Crippen LogP contribution in [0.25, 0.3) is 5.82 Å². The van der Waals surface area contributed by atoms with Crippen LogP contribution in [-0.4, -0.2) is 17.1 Å². The third kappa shape index (κ3) is 3.58. The molecule has 23 heavy (non-hydrogen) atoms. The van der Waals surface area contributed by atoms with Gasteiger partial charge in [-0.25, -0.2) is 14.8 Å². The average molecular weight is 325 g/mol. The van der Waals surface area contributed by atoms with E-state index in [1.807, 2.05) is 36.7 Å². The Hall–Kier alpha value is -3.06. The van der Waals surface area contributed by atoms with Crippen LogP contribution in [0.2, 0.25) is 0 Å². The lowest BCUT2D eigenvalue weighted by atomic mass is 10.2. The number of hydrogen-bond donors (Lipinski definition) is 2. The second kappa shape index (κ2) is 6.80. The molecule has 0 unspecified atom stereocenters. The van der Waals surface area contributed by atoms with Crippen LogP contribution in [0.15, 0.2) is 70.8 Å². The zero-order chi connectivity index (χ0) is 16.1. The molecule has 3 aromatic rings. The highest BCUT2D eigenvalue weighted by Crippen LogP contribution is 2.06. The Morgan fingerprint density at radius 3 is 2.57 bits per heavy atom. The molecular formula is C16H13N4O2S+. The molecule has 3 rings (SSSR count). The summed E-state index contributed by atoms with van der Waals surface area (Å²) in [5, 5.41) is 3.93. The number of carbonyl (C=O) groups excluding carboxylic acids is 1. The number of nitrogens with one attached hydrogen (secondary N) is 2. The van der Waals surface area contributed by atoms with E-state index in [0.29, 0.717) is 16.3 Å². The topological polar surface area (TPSA) is 78.2 Å². The summed E-state index contributed by atoms with van der Waals surface area (Å²) in [7, 11) is 0. The van der Waals surface area contributed by atoms with Crippen molar-refractivity contribution in [3.8, 4) is 5.82 Å². The molecule has 0 aliphatic carbocycles. The molecule has 1 amide bonds. The Kier molecular flexibility index (Phi) is 4.39. The number of H-pyrrole nitrogens is 1. The first-order valence-corrected chi connectivity index (χ1v) is 7.64. The first-order valence-electron chi connectivity index (χ1n) is 6.82. The van der Waals surface area contributed by atoms with Crippen molar-refractivity contribution in [1.82, 2.24) is 10.4 Å². The Balaban J connectivity index is 1.78. The van der Waals surface area contributed by atoms with Gasteiger partial charge in [0.25, 0.3) is 5.91 Å². The molecule has 0 saturated carbocycles. The molecule has 0 radical (unpaired) electrons. The maximum Gasteiger partial charge on any atom is 0.390 e. The van der Waals surface area contributed by atoms with Gasteiger partial charge in [-0.2, -0.15) is 10.1 Å². The summed E-state index contributed by atoms with van der Waals surface area (Å²) in [6, 6.07) is 14.4. The van der Waals surface area contributed by atoms with Crippen LogP contribution in [-0.2, 0) is 0 Å². The number of aromatic amines is 1. The van der Waals surface area contributed by atoms with Gasteiger partial charge in [-0.1, -0.05) is 24.3 Å². The number of thiazole rings is 1. The first-order chi connectivity index (χ1) is 11.2. The fraction of sp³-hybridized carbons (Fsp3) is 0. The number of rotatable bonds is 4. The summed E-state index contributed by atoms with van der Waals surface area (Å²) >= 11 is 1.02. The maximum atomic E-state index is 11.9. The van der Waals surface area contributed by atoms with E-state index in [0.717, 1.165) is 11.3 Å². The lowest BCUT2D eigenvalue weighted by Gasteiger charge is -1.98. The minimum absolute atomic E-state index is 0.188. The number of carbonyl (C=O) groups is 1. The molecule has 2 aromatic heterocycles. The molecular weight excluding hydrogens is 312 g/mol. The van der Waals surface area contributed by atoms with Gasteiger partial charge in [0.05, 0.1) is 18.6 Å². The molecule has 6 nitrogen and oxygen atoms in total. The van der Waals surface area contributed by atoms with Gasteiger partial charge in [-0.15, -0.1) is 0 Å². The van der Waals surface area contributed by atoms with Crippen LogP contribution in [0.1, 0.15) is 15.2 Å². The van der Waals surface area contributed by atoms with Gasteiger partial charge >= 0.3 is 10.7 Å². The van der Waals surface area contributed by atoms with Gasteiger partial charge in [0, 0.05) is 5.56 Å². The van der Waals surface area contributed by atoms with E-state index in [-0.39, 0.29) is 10.8 Å². The number of hydrogen-bond acceptors (Lipinski definition) is 4. The third-order valence-corrected chi connectivity index (χ3v) is 3.82. The summed E-state index contributed by atoms with van der Waals surface area (Å²) in [6.45, 7) is 0. The zero-order valence-electron chi connectivity index (χ0n) is 12.0. The number of amides is 1. The van der Waals surface area contributed by atoms with Gasteiger partial charge in [0.2, 0.25) is 0 Å². The van der Waals surface area contributed by atoms with Crippen molar-refractivity contribution in [1.29, 1.82) is 0 Å². The number of benzene rings is 1. The van der Waals surface area contributed by atoms with Gasteiger partial charge in [0.1, 0.15) is 4.88 Å². The fourth-order valence-electron chi connectivity index (χ4n) is 1.96.